The summed E-state index contributed by atoms with van der Waals surface area (Å²) in [6, 6.07) is 0.0428. The average molecular weight is 248 g/mol. The summed E-state index contributed by atoms with van der Waals surface area (Å²) in [5.41, 5.74) is 5.99. The number of nitrogens with two attached hydrogens (primary N) is 1. The molecule has 0 aromatic heterocycles. The Morgan fingerprint density at radius 3 is 2.11 bits per heavy atom. The lowest BCUT2D eigenvalue weighted by Crippen LogP contribution is -2.62. The van der Waals surface area contributed by atoms with Crippen molar-refractivity contribution < 1.29 is 4.79 Å². The van der Waals surface area contributed by atoms with Crippen LogP contribution in [0.1, 0.15) is 51.4 Å². The summed E-state index contributed by atoms with van der Waals surface area (Å²) >= 11 is 0. The molecule has 1 aliphatic heterocycles. The van der Waals surface area contributed by atoms with Crippen LogP contribution in [0.3, 0.4) is 0 Å². The number of carbonyl (C=O) groups is 1. The summed E-state index contributed by atoms with van der Waals surface area (Å²) in [6.45, 7) is 1.11. The van der Waals surface area contributed by atoms with Crippen LogP contribution in [0.25, 0.3) is 0 Å². The van der Waals surface area contributed by atoms with Crippen molar-refractivity contribution in [3.05, 3.63) is 0 Å². The van der Waals surface area contributed by atoms with Crippen LogP contribution in [0.15, 0.2) is 0 Å². The zero-order valence-electron chi connectivity index (χ0n) is 11.1. The highest BCUT2D eigenvalue weighted by Gasteiger charge is 2.55. The highest BCUT2D eigenvalue weighted by molar-refractivity contribution is 5.80. The molecule has 0 aromatic rings. The highest BCUT2D eigenvalue weighted by atomic mass is 16.1. The highest BCUT2D eigenvalue weighted by Crippen LogP contribution is 2.58. The fourth-order valence-electron chi connectivity index (χ4n) is 6.05. The van der Waals surface area contributed by atoms with E-state index in [4.69, 9.17) is 5.73 Å². The number of rotatable bonds is 2. The molecule has 0 radical (unpaired) electrons. The second-order valence-corrected chi connectivity index (χ2v) is 7.40. The van der Waals surface area contributed by atoms with Gasteiger partial charge in [0.2, 0.25) is 5.91 Å². The molecule has 1 atom stereocenters. The predicted molar refractivity (Wildman–Crippen MR) is 69.8 cm³/mol. The predicted octanol–water partition coefficient (Wildman–Crippen LogP) is 1.90. The molecule has 1 saturated heterocycles. The minimum atomic E-state index is -0.0803. The molecule has 0 spiro atoms. The van der Waals surface area contributed by atoms with Crippen LogP contribution in [0.2, 0.25) is 0 Å². The Morgan fingerprint density at radius 1 is 1.06 bits per heavy atom. The molecule has 3 heteroatoms. The van der Waals surface area contributed by atoms with Gasteiger partial charge in [0.05, 0.1) is 6.04 Å². The topological polar surface area (TPSA) is 46.3 Å². The standard InChI is InChI=1S/C15H24N2O/c16-14(18)13-2-1-3-17(13)15-7-10-4-11(8-15)6-12(5-10)9-15/h10-13H,1-9H2,(H2,16,18)/t10?,11?,12?,13-,15?/m1/s1. The zero-order chi connectivity index (χ0) is 12.3. The summed E-state index contributed by atoms with van der Waals surface area (Å²) in [7, 11) is 0. The van der Waals surface area contributed by atoms with E-state index in [1.54, 1.807) is 0 Å². The van der Waals surface area contributed by atoms with Crippen LogP contribution in [-0.4, -0.2) is 28.9 Å². The van der Waals surface area contributed by atoms with Crippen molar-refractivity contribution in [2.45, 2.75) is 62.9 Å². The molecule has 4 bridgehead atoms. The third kappa shape index (κ3) is 1.49. The van der Waals surface area contributed by atoms with Crippen molar-refractivity contribution in [2.24, 2.45) is 23.5 Å². The molecule has 1 heterocycles. The second kappa shape index (κ2) is 3.72. The Hall–Kier alpha value is -0.570. The smallest absolute Gasteiger partial charge is 0.234 e. The zero-order valence-corrected chi connectivity index (χ0v) is 11.1. The number of hydrogen-bond acceptors (Lipinski definition) is 2. The first kappa shape index (κ1) is 11.3. The molecule has 100 valence electrons. The lowest BCUT2D eigenvalue weighted by atomic mass is 9.52. The number of primary amides is 1. The third-order valence-electron chi connectivity index (χ3n) is 6.20. The number of nitrogens with zero attached hydrogens (tertiary/aromatic N) is 1. The van der Waals surface area contributed by atoms with Gasteiger partial charge in [-0.25, -0.2) is 0 Å². The Labute approximate surface area is 109 Å². The maximum Gasteiger partial charge on any atom is 0.234 e. The molecule has 5 fully saturated rings. The molecule has 4 saturated carbocycles. The second-order valence-electron chi connectivity index (χ2n) is 7.40. The van der Waals surface area contributed by atoms with E-state index in [1.165, 1.54) is 38.5 Å². The van der Waals surface area contributed by atoms with Gasteiger partial charge in [-0.2, -0.15) is 0 Å². The van der Waals surface area contributed by atoms with Gasteiger partial charge in [0, 0.05) is 5.54 Å². The van der Waals surface area contributed by atoms with E-state index in [2.05, 4.69) is 4.90 Å². The summed E-state index contributed by atoms with van der Waals surface area (Å²) in [5.74, 6) is 2.77. The number of hydrogen-bond donors (Lipinski definition) is 1. The maximum atomic E-state index is 11.7. The van der Waals surface area contributed by atoms with E-state index < -0.39 is 0 Å². The molecule has 2 N–H and O–H groups in total. The summed E-state index contributed by atoms with van der Waals surface area (Å²) in [6.07, 6.45) is 10.6. The Bertz CT molecular complexity index is 343. The molecule has 1 amide bonds. The van der Waals surface area contributed by atoms with Crippen LogP contribution in [0, 0.1) is 17.8 Å². The maximum absolute atomic E-state index is 11.7. The fourth-order valence-corrected chi connectivity index (χ4v) is 6.05. The number of likely N-dealkylation sites (tertiary alicyclic amines) is 1. The van der Waals surface area contributed by atoms with Gasteiger partial charge in [0.15, 0.2) is 0 Å². The number of amides is 1. The molecule has 4 aliphatic carbocycles. The third-order valence-corrected chi connectivity index (χ3v) is 6.20. The largest absolute Gasteiger partial charge is 0.368 e. The summed E-state index contributed by atoms with van der Waals surface area (Å²) in [4.78, 5) is 14.2. The van der Waals surface area contributed by atoms with Gasteiger partial charge in [-0.15, -0.1) is 0 Å². The molecule has 18 heavy (non-hydrogen) atoms. The lowest BCUT2D eigenvalue weighted by molar-refractivity contribution is -0.132. The molecule has 5 aliphatic rings. The van der Waals surface area contributed by atoms with Gasteiger partial charge in [-0.05, 0) is 75.7 Å². The van der Waals surface area contributed by atoms with Gasteiger partial charge < -0.3 is 5.73 Å². The van der Waals surface area contributed by atoms with E-state index >= 15 is 0 Å². The normalized spacial score (nSPS) is 50.9. The lowest BCUT2D eigenvalue weighted by Gasteiger charge is -2.60. The van der Waals surface area contributed by atoms with Gasteiger partial charge >= 0.3 is 0 Å². The van der Waals surface area contributed by atoms with Crippen molar-refractivity contribution in [3.8, 4) is 0 Å². The van der Waals surface area contributed by atoms with Gasteiger partial charge in [-0.1, -0.05) is 0 Å². The first-order valence-electron chi connectivity index (χ1n) is 7.72. The minimum absolute atomic E-state index is 0.0428. The molecular weight excluding hydrogens is 224 g/mol. The Balaban J connectivity index is 1.65. The molecule has 0 unspecified atom stereocenters. The minimum Gasteiger partial charge on any atom is -0.368 e. The fraction of sp³-hybridized carbons (Fsp3) is 0.933. The Morgan fingerprint density at radius 2 is 1.61 bits per heavy atom. The van der Waals surface area contributed by atoms with Crippen molar-refractivity contribution in [3.63, 3.8) is 0 Å². The average Bonchev–Trinajstić information content (AvgIpc) is 2.76. The molecule has 5 rings (SSSR count). The quantitative estimate of drug-likeness (QED) is 0.811. The van der Waals surface area contributed by atoms with E-state index in [9.17, 15) is 4.79 Å². The van der Waals surface area contributed by atoms with Crippen LogP contribution in [0.4, 0.5) is 0 Å². The van der Waals surface area contributed by atoms with Crippen molar-refractivity contribution >= 4 is 5.91 Å². The van der Waals surface area contributed by atoms with E-state index in [0.717, 1.165) is 37.1 Å². The first-order valence-corrected chi connectivity index (χ1v) is 7.72. The van der Waals surface area contributed by atoms with E-state index in [-0.39, 0.29) is 11.9 Å². The van der Waals surface area contributed by atoms with Crippen LogP contribution >= 0.6 is 0 Å². The van der Waals surface area contributed by atoms with Crippen molar-refractivity contribution in [1.82, 2.24) is 4.90 Å². The molecule has 3 nitrogen and oxygen atoms in total. The molecular formula is C15H24N2O. The summed E-state index contributed by atoms with van der Waals surface area (Å²) < 4.78 is 0. The van der Waals surface area contributed by atoms with Crippen LogP contribution < -0.4 is 5.73 Å². The Kier molecular flexibility index (Phi) is 2.33. The van der Waals surface area contributed by atoms with Gasteiger partial charge in [0.25, 0.3) is 0 Å². The monoisotopic (exact) mass is 248 g/mol. The van der Waals surface area contributed by atoms with Crippen molar-refractivity contribution in [1.29, 1.82) is 0 Å². The first-order chi connectivity index (χ1) is 8.66. The van der Waals surface area contributed by atoms with Gasteiger partial charge in [-0.3, -0.25) is 9.69 Å². The van der Waals surface area contributed by atoms with Crippen LogP contribution in [0.5, 0.6) is 0 Å². The van der Waals surface area contributed by atoms with E-state index in [1.807, 2.05) is 0 Å². The van der Waals surface area contributed by atoms with E-state index in [0.29, 0.717) is 5.54 Å². The van der Waals surface area contributed by atoms with Gasteiger partial charge in [0.1, 0.15) is 0 Å². The summed E-state index contributed by atoms with van der Waals surface area (Å²) in [5, 5.41) is 0. The van der Waals surface area contributed by atoms with Crippen molar-refractivity contribution in [2.75, 3.05) is 6.54 Å². The SMILES string of the molecule is NC(=O)[C@H]1CCCN1C12CC3CC(CC(C3)C1)C2. The molecule has 0 aromatic carbocycles. The number of carbonyl (C=O) groups excluding carboxylic acids is 1. The van der Waals surface area contributed by atoms with Crippen LogP contribution in [-0.2, 0) is 4.79 Å².